The zero-order valence-corrected chi connectivity index (χ0v) is 11.8. The van der Waals surface area contributed by atoms with E-state index >= 15 is 0 Å². The van der Waals surface area contributed by atoms with Crippen molar-refractivity contribution in [3.63, 3.8) is 0 Å². The molecule has 21 heavy (non-hydrogen) atoms. The molecule has 2 amide bonds. The first-order valence-corrected chi connectivity index (χ1v) is 6.41. The Morgan fingerprint density at radius 2 is 1.52 bits per heavy atom. The maximum Gasteiger partial charge on any atom is 0.269 e. The van der Waals surface area contributed by atoms with Crippen molar-refractivity contribution in [3.05, 3.63) is 65.2 Å². The SMILES string of the molecule is COc1ccc(C(=O)NNC(=O)c2cccc(C)c2)cc1. The van der Waals surface area contributed by atoms with Gasteiger partial charge in [0.15, 0.2) is 0 Å². The highest BCUT2D eigenvalue weighted by molar-refractivity contribution is 5.99. The van der Waals surface area contributed by atoms with Gasteiger partial charge in [0.05, 0.1) is 7.11 Å². The lowest BCUT2D eigenvalue weighted by Gasteiger charge is -2.08. The van der Waals surface area contributed by atoms with Gasteiger partial charge in [0.1, 0.15) is 5.75 Å². The second-order valence-corrected chi connectivity index (χ2v) is 4.51. The Hall–Kier alpha value is -2.82. The number of amides is 2. The zero-order valence-electron chi connectivity index (χ0n) is 11.8. The van der Waals surface area contributed by atoms with Crippen molar-refractivity contribution in [3.8, 4) is 5.75 Å². The van der Waals surface area contributed by atoms with Crippen molar-refractivity contribution in [2.45, 2.75) is 6.92 Å². The fourth-order valence-corrected chi connectivity index (χ4v) is 1.79. The van der Waals surface area contributed by atoms with Crippen LogP contribution in [0, 0.1) is 6.92 Å². The number of hydrogen-bond acceptors (Lipinski definition) is 3. The first-order chi connectivity index (χ1) is 10.1. The molecule has 0 aromatic heterocycles. The Kier molecular flexibility index (Phi) is 4.56. The van der Waals surface area contributed by atoms with E-state index in [9.17, 15) is 9.59 Å². The standard InChI is InChI=1S/C16H16N2O3/c1-11-4-3-5-13(10-11)16(20)18-17-15(19)12-6-8-14(21-2)9-7-12/h3-10H,1-2H3,(H,17,19)(H,18,20). The molecular formula is C16H16N2O3. The Bertz CT molecular complexity index is 651. The first kappa shape index (κ1) is 14.6. The van der Waals surface area contributed by atoms with Gasteiger partial charge in [-0.3, -0.25) is 20.4 Å². The molecular weight excluding hydrogens is 268 g/mol. The first-order valence-electron chi connectivity index (χ1n) is 6.41. The summed E-state index contributed by atoms with van der Waals surface area (Å²) >= 11 is 0. The Labute approximate surface area is 122 Å². The number of benzene rings is 2. The van der Waals surface area contributed by atoms with Crippen LogP contribution < -0.4 is 15.6 Å². The molecule has 2 aromatic rings. The second kappa shape index (κ2) is 6.56. The van der Waals surface area contributed by atoms with Crippen molar-refractivity contribution in [1.82, 2.24) is 10.9 Å². The number of hydrazine groups is 1. The van der Waals surface area contributed by atoms with Crippen LogP contribution in [0.25, 0.3) is 0 Å². The van der Waals surface area contributed by atoms with Crippen molar-refractivity contribution in [2.24, 2.45) is 0 Å². The predicted octanol–water partition coefficient (Wildman–Crippen LogP) is 2.08. The molecule has 0 unspecified atom stereocenters. The number of rotatable bonds is 3. The average Bonchev–Trinajstić information content (AvgIpc) is 2.52. The van der Waals surface area contributed by atoms with Gasteiger partial charge in [-0.2, -0.15) is 0 Å². The van der Waals surface area contributed by atoms with Crippen LogP contribution in [0.3, 0.4) is 0 Å². The molecule has 0 fully saturated rings. The molecule has 0 saturated heterocycles. The van der Waals surface area contributed by atoms with Gasteiger partial charge in [-0.1, -0.05) is 17.7 Å². The monoisotopic (exact) mass is 284 g/mol. The summed E-state index contributed by atoms with van der Waals surface area (Å²) in [4.78, 5) is 23.8. The van der Waals surface area contributed by atoms with Crippen molar-refractivity contribution in [1.29, 1.82) is 0 Å². The fourth-order valence-electron chi connectivity index (χ4n) is 1.79. The minimum Gasteiger partial charge on any atom is -0.497 e. The molecule has 108 valence electrons. The normalized spacial score (nSPS) is 9.81. The van der Waals surface area contributed by atoms with Gasteiger partial charge in [0, 0.05) is 11.1 Å². The van der Waals surface area contributed by atoms with Crippen LogP contribution in [0.15, 0.2) is 48.5 Å². The fraction of sp³-hybridized carbons (Fsp3) is 0.125. The maximum atomic E-state index is 11.9. The topological polar surface area (TPSA) is 67.4 Å². The summed E-state index contributed by atoms with van der Waals surface area (Å²) in [5.41, 5.74) is 6.66. The summed E-state index contributed by atoms with van der Waals surface area (Å²) < 4.78 is 5.01. The van der Waals surface area contributed by atoms with Gasteiger partial charge in [0.2, 0.25) is 0 Å². The smallest absolute Gasteiger partial charge is 0.269 e. The van der Waals surface area contributed by atoms with Gasteiger partial charge in [-0.05, 0) is 43.3 Å². The van der Waals surface area contributed by atoms with Crippen LogP contribution in [0.2, 0.25) is 0 Å². The lowest BCUT2D eigenvalue weighted by atomic mass is 10.1. The van der Waals surface area contributed by atoms with Crippen molar-refractivity contribution < 1.29 is 14.3 Å². The Balaban J connectivity index is 1.95. The van der Waals surface area contributed by atoms with E-state index in [-0.39, 0.29) is 5.91 Å². The molecule has 2 rings (SSSR count). The highest BCUT2D eigenvalue weighted by Gasteiger charge is 2.09. The van der Waals surface area contributed by atoms with E-state index in [0.29, 0.717) is 16.9 Å². The van der Waals surface area contributed by atoms with Crippen molar-refractivity contribution >= 4 is 11.8 Å². The largest absolute Gasteiger partial charge is 0.497 e. The average molecular weight is 284 g/mol. The third kappa shape index (κ3) is 3.82. The Morgan fingerprint density at radius 3 is 2.10 bits per heavy atom. The van der Waals surface area contributed by atoms with Crippen molar-refractivity contribution in [2.75, 3.05) is 7.11 Å². The summed E-state index contributed by atoms with van der Waals surface area (Å²) in [7, 11) is 1.55. The molecule has 2 aromatic carbocycles. The maximum absolute atomic E-state index is 11.9. The number of nitrogens with one attached hydrogen (secondary N) is 2. The summed E-state index contributed by atoms with van der Waals surface area (Å²) in [6, 6.07) is 13.7. The van der Waals surface area contributed by atoms with Gasteiger partial charge in [-0.25, -0.2) is 0 Å². The van der Waals surface area contributed by atoms with Crippen LogP contribution in [0.4, 0.5) is 0 Å². The van der Waals surface area contributed by atoms with Crippen LogP contribution >= 0.6 is 0 Å². The van der Waals surface area contributed by atoms with E-state index in [4.69, 9.17) is 4.74 Å². The van der Waals surface area contributed by atoms with Gasteiger partial charge < -0.3 is 4.74 Å². The van der Waals surface area contributed by atoms with Crippen LogP contribution in [0.1, 0.15) is 26.3 Å². The summed E-state index contributed by atoms with van der Waals surface area (Å²) in [5.74, 6) is -0.0884. The van der Waals surface area contributed by atoms with E-state index in [1.165, 1.54) is 0 Å². The van der Waals surface area contributed by atoms with Crippen LogP contribution in [-0.2, 0) is 0 Å². The lowest BCUT2D eigenvalue weighted by molar-refractivity contribution is 0.0846. The predicted molar refractivity (Wildman–Crippen MR) is 79.1 cm³/mol. The molecule has 0 aliphatic rings. The molecule has 0 bridgehead atoms. The van der Waals surface area contributed by atoms with Gasteiger partial charge in [-0.15, -0.1) is 0 Å². The Morgan fingerprint density at radius 1 is 0.905 bits per heavy atom. The minimum atomic E-state index is -0.390. The van der Waals surface area contributed by atoms with Gasteiger partial charge in [0.25, 0.3) is 11.8 Å². The molecule has 2 N–H and O–H groups in total. The van der Waals surface area contributed by atoms with E-state index in [1.807, 2.05) is 13.0 Å². The van der Waals surface area contributed by atoms with E-state index < -0.39 is 5.91 Å². The van der Waals surface area contributed by atoms with E-state index in [2.05, 4.69) is 10.9 Å². The molecule has 0 aliphatic heterocycles. The van der Waals surface area contributed by atoms with E-state index in [1.54, 1.807) is 49.6 Å². The van der Waals surface area contributed by atoms with Crippen LogP contribution in [-0.4, -0.2) is 18.9 Å². The number of carbonyl (C=O) groups is 2. The molecule has 0 atom stereocenters. The molecule has 0 heterocycles. The molecule has 0 aliphatic carbocycles. The molecule has 0 radical (unpaired) electrons. The summed E-state index contributed by atoms with van der Waals surface area (Å²) in [6.07, 6.45) is 0. The summed E-state index contributed by atoms with van der Waals surface area (Å²) in [6.45, 7) is 1.90. The zero-order chi connectivity index (χ0) is 15.2. The molecule has 5 heteroatoms. The van der Waals surface area contributed by atoms with E-state index in [0.717, 1.165) is 5.56 Å². The number of hydrogen-bond donors (Lipinski definition) is 2. The number of ether oxygens (including phenoxy) is 1. The molecule has 0 spiro atoms. The lowest BCUT2D eigenvalue weighted by Crippen LogP contribution is -2.41. The minimum absolute atomic E-state index is 0.361. The number of methoxy groups -OCH3 is 1. The quantitative estimate of drug-likeness (QED) is 0.848. The highest BCUT2D eigenvalue weighted by atomic mass is 16.5. The molecule has 0 saturated carbocycles. The second-order valence-electron chi connectivity index (χ2n) is 4.51. The molecule has 5 nitrogen and oxygen atoms in total. The van der Waals surface area contributed by atoms with Gasteiger partial charge >= 0.3 is 0 Å². The third-order valence-electron chi connectivity index (χ3n) is 2.92. The number of carbonyl (C=O) groups excluding carboxylic acids is 2. The highest BCUT2D eigenvalue weighted by Crippen LogP contribution is 2.10. The summed E-state index contributed by atoms with van der Waals surface area (Å²) in [5, 5.41) is 0. The van der Waals surface area contributed by atoms with Crippen LogP contribution in [0.5, 0.6) is 5.75 Å². The number of aryl methyl sites for hydroxylation is 1. The third-order valence-corrected chi connectivity index (χ3v) is 2.92.